The first-order valence-corrected chi connectivity index (χ1v) is 9.38. The van der Waals surface area contributed by atoms with Gasteiger partial charge in [-0.15, -0.1) is 0 Å². The summed E-state index contributed by atoms with van der Waals surface area (Å²) in [4.78, 5) is 28.8. The molecule has 2 aromatic rings. The molecule has 0 aliphatic carbocycles. The number of nitrogens with zero attached hydrogens (tertiary/aromatic N) is 4. The van der Waals surface area contributed by atoms with Crippen molar-refractivity contribution < 1.29 is 14.3 Å². The number of aromatic nitrogens is 2. The summed E-state index contributed by atoms with van der Waals surface area (Å²) < 4.78 is 7.41. The molecule has 1 aliphatic heterocycles. The summed E-state index contributed by atoms with van der Waals surface area (Å²) in [7, 11) is 0. The van der Waals surface area contributed by atoms with Crippen LogP contribution in [0, 0.1) is 6.92 Å². The smallest absolute Gasteiger partial charge is 0.272 e. The van der Waals surface area contributed by atoms with Crippen LogP contribution in [0.2, 0.25) is 0 Å². The van der Waals surface area contributed by atoms with Crippen molar-refractivity contribution in [3.05, 3.63) is 47.8 Å². The highest BCUT2D eigenvalue weighted by molar-refractivity contribution is 5.93. The summed E-state index contributed by atoms with van der Waals surface area (Å²) in [6.07, 6.45) is 0.330. The van der Waals surface area contributed by atoms with Gasteiger partial charge in [0.05, 0.1) is 12.2 Å². The first-order chi connectivity index (χ1) is 13.1. The van der Waals surface area contributed by atoms with Gasteiger partial charge in [-0.1, -0.05) is 18.2 Å². The zero-order valence-electron chi connectivity index (χ0n) is 15.9. The molecule has 7 heteroatoms. The van der Waals surface area contributed by atoms with Crippen LogP contribution in [0.3, 0.4) is 0 Å². The Balaban J connectivity index is 1.56. The van der Waals surface area contributed by atoms with Crippen LogP contribution in [0.15, 0.2) is 36.4 Å². The number of ether oxygens (including phenoxy) is 1. The Kier molecular flexibility index (Phi) is 6.11. The molecule has 0 unspecified atom stereocenters. The van der Waals surface area contributed by atoms with E-state index in [1.54, 1.807) is 14.5 Å². The SMILES string of the molecule is CCn1nc(C)cc1C(=O)N1CCC(=O)N(CCOc2ccccc2)CC1. The average Bonchev–Trinajstić information content (AvgIpc) is 2.97. The Bertz CT molecular complexity index is 788. The maximum absolute atomic E-state index is 12.9. The summed E-state index contributed by atoms with van der Waals surface area (Å²) in [5, 5.41) is 4.34. The van der Waals surface area contributed by atoms with Gasteiger partial charge >= 0.3 is 0 Å². The summed E-state index contributed by atoms with van der Waals surface area (Å²) in [6, 6.07) is 11.4. The summed E-state index contributed by atoms with van der Waals surface area (Å²) in [6.45, 7) is 6.90. The van der Waals surface area contributed by atoms with E-state index in [2.05, 4.69) is 5.10 Å². The molecule has 1 saturated heterocycles. The van der Waals surface area contributed by atoms with E-state index in [0.29, 0.717) is 51.4 Å². The van der Waals surface area contributed by atoms with Crippen LogP contribution in [0.1, 0.15) is 29.5 Å². The van der Waals surface area contributed by atoms with Gasteiger partial charge in [-0.05, 0) is 32.0 Å². The van der Waals surface area contributed by atoms with Gasteiger partial charge in [-0.3, -0.25) is 14.3 Å². The number of carbonyl (C=O) groups is 2. The molecule has 27 heavy (non-hydrogen) atoms. The lowest BCUT2D eigenvalue weighted by molar-refractivity contribution is -0.130. The van der Waals surface area contributed by atoms with E-state index in [4.69, 9.17) is 4.74 Å². The van der Waals surface area contributed by atoms with E-state index in [9.17, 15) is 9.59 Å². The normalized spacial score (nSPS) is 15.0. The number of hydrogen-bond donors (Lipinski definition) is 0. The molecular formula is C20H26N4O3. The lowest BCUT2D eigenvalue weighted by Crippen LogP contribution is -2.38. The number of benzene rings is 1. The molecule has 0 radical (unpaired) electrons. The number of amides is 2. The Morgan fingerprint density at radius 2 is 1.96 bits per heavy atom. The fourth-order valence-electron chi connectivity index (χ4n) is 3.22. The van der Waals surface area contributed by atoms with Crippen LogP contribution in [0.4, 0.5) is 0 Å². The van der Waals surface area contributed by atoms with Crippen molar-refractivity contribution in [1.82, 2.24) is 19.6 Å². The third-order valence-corrected chi connectivity index (χ3v) is 4.67. The monoisotopic (exact) mass is 370 g/mol. The maximum Gasteiger partial charge on any atom is 0.272 e. The van der Waals surface area contributed by atoms with E-state index in [1.807, 2.05) is 50.2 Å². The molecule has 0 saturated carbocycles. The van der Waals surface area contributed by atoms with Crippen molar-refractivity contribution in [3.8, 4) is 5.75 Å². The Hall–Kier alpha value is -2.83. The van der Waals surface area contributed by atoms with Gasteiger partial charge in [0, 0.05) is 32.6 Å². The largest absolute Gasteiger partial charge is 0.492 e. The Morgan fingerprint density at radius 3 is 2.70 bits per heavy atom. The van der Waals surface area contributed by atoms with Crippen LogP contribution in [0.5, 0.6) is 5.75 Å². The van der Waals surface area contributed by atoms with Crippen molar-refractivity contribution in [1.29, 1.82) is 0 Å². The number of para-hydroxylation sites is 1. The number of carbonyl (C=O) groups excluding carboxylic acids is 2. The van der Waals surface area contributed by atoms with Crippen molar-refractivity contribution in [2.75, 3.05) is 32.8 Å². The third-order valence-electron chi connectivity index (χ3n) is 4.67. The van der Waals surface area contributed by atoms with Crippen LogP contribution < -0.4 is 4.74 Å². The Morgan fingerprint density at radius 1 is 1.19 bits per heavy atom. The van der Waals surface area contributed by atoms with Gasteiger partial charge < -0.3 is 14.5 Å². The molecule has 1 aliphatic rings. The molecule has 0 spiro atoms. The van der Waals surface area contributed by atoms with E-state index in [1.165, 1.54) is 0 Å². The van der Waals surface area contributed by atoms with Gasteiger partial charge in [-0.25, -0.2) is 0 Å². The van der Waals surface area contributed by atoms with Gasteiger partial charge in [0.25, 0.3) is 5.91 Å². The minimum absolute atomic E-state index is 0.0575. The molecule has 1 aromatic carbocycles. The lowest BCUT2D eigenvalue weighted by atomic mass is 10.3. The van der Waals surface area contributed by atoms with Gasteiger partial charge in [-0.2, -0.15) is 5.10 Å². The number of aryl methyl sites for hydroxylation is 2. The minimum atomic E-state index is -0.0624. The molecule has 0 N–H and O–H groups in total. The molecule has 1 fully saturated rings. The highest BCUT2D eigenvalue weighted by Crippen LogP contribution is 2.13. The fourth-order valence-corrected chi connectivity index (χ4v) is 3.22. The lowest BCUT2D eigenvalue weighted by Gasteiger charge is -2.22. The molecule has 2 amide bonds. The maximum atomic E-state index is 12.9. The van der Waals surface area contributed by atoms with Crippen molar-refractivity contribution in [2.45, 2.75) is 26.8 Å². The van der Waals surface area contributed by atoms with Gasteiger partial charge in [0.15, 0.2) is 0 Å². The van der Waals surface area contributed by atoms with Crippen LogP contribution in [0.25, 0.3) is 0 Å². The second kappa shape index (κ2) is 8.70. The molecular weight excluding hydrogens is 344 g/mol. The highest BCUT2D eigenvalue weighted by Gasteiger charge is 2.26. The summed E-state index contributed by atoms with van der Waals surface area (Å²) in [5.74, 6) is 0.787. The second-order valence-electron chi connectivity index (χ2n) is 6.57. The third kappa shape index (κ3) is 4.67. The molecule has 7 nitrogen and oxygen atoms in total. The summed E-state index contributed by atoms with van der Waals surface area (Å²) in [5.41, 5.74) is 1.41. The summed E-state index contributed by atoms with van der Waals surface area (Å²) >= 11 is 0. The highest BCUT2D eigenvalue weighted by atomic mass is 16.5. The second-order valence-corrected chi connectivity index (χ2v) is 6.57. The number of rotatable bonds is 6. The van der Waals surface area contributed by atoms with Gasteiger partial charge in [0.2, 0.25) is 5.91 Å². The average molecular weight is 370 g/mol. The van der Waals surface area contributed by atoms with E-state index < -0.39 is 0 Å². The minimum Gasteiger partial charge on any atom is -0.492 e. The molecule has 2 heterocycles. The van der Waals surface area contributed by atoms with Crippen LogP contribution >= 0.6 is 0 Å². The predicted molar refractivity (Wildman–Crippen MR) is 102 cm³/mol. The molecule has 0 atom stereocenters. The predicted octanol–water partition coefficient (Wildman–Crippen LogP) is 1.96. The zero-order valence-corrected chi connectivity index (χ0v) is 15.9. The van der Waals surface area contributed by atoms with E-state index >= 15 is 0 Å². The van der Waals surface area contributed by atoms with Crippen LogP contribution in [-0.4, -0.2) is 64.2 Å². The zero-order chi connectivity index (χ0) is 19.2. The molecule has 3 rings (SSSR count). The molecule has 144 valence electrons. The van der Waals surface area contributed by atoms with Crippen molar-refractivity contribution in [2.24, 2.45) is 0 Å². The molecule has 1 aromatic heterocycles. The van der Waals surface area contributed by atoms with Crippen molar-refractivity contribution in [3.63, 3.8) is 0 Å². The van der Waals surface area contributed by atoms with Crippen LogP contribution in [-0.2, 0) is 11.3 Å². The van der Waals surface area contributed by atoms with Crippen molar-refractivity contribution >= 4 is 11.8 Å². The number of hydrogen-bond acceptors (Lipinski definition) is 4. The van der Waals surface area contributed by atoms with E-state index in [-0.39, 0.29) is 11.8 Å². The van der Waals surface area contributed by atoms with E-state index in [0.717, 1.165) is 11.4 Å². The first kappa shape index (κ1) is 18.9. The Labute approximate surface area is 159 Å². The first-order valence-electron chi connectivity index (χ1n) is 9.38. The molecule has 0 bridgehead atoms. The van der Waals surface area contributed by atoms with Gasteiger partial charge in [0.1, 0.15) is 18.1 Å². The fraction of sp³-hybridized carbons (Fsp3) is 0.450. The quantitative estimate of drug-likeness (QED) is 0.780. The standard InChI is InChI=1S/C20H26N4O3/c1-3-24-18(15-16(2)21-24)20(26)23-10-9-19(25)22(11-12-23)13-14-27-17-7-5-4-6-8-17/h4-8,15H,3,9-14H2,1-2H3. The topological polar surface area (TPSA) is 67.7 Å².